The standard InChI is InChI=1S/C11H14O10/c1-16-11-10(20-6-15)9(19-5-14)8(18-4-13)7(21-11)2-17-3-12/h3-11H,2H2,1H3/t7-,8-,9+,10-,11+/m1/s1. The van der Waals surface area contributed by atoms with Gasteiger partial charge in [0.25, 0.3) is 25.9 Å². The highest BCUT2D eigenvalue weighted by Crippen LogP contribution is 2.27. The monoisotopic (exact) mass is 306 g/mol. The van der Waals surface area contributed by atoms with Gasteiger partial charge in [0, 0.05) is 7.11 Å². The van der Waals surface area contributed by atoms with Crippen LogP contribution in [0.3, 0.4) is 0 Å². The maximum Gasteiger partial charge on any atom is 0.293 e. The van der Waals surface area contributed by atoms with E-state index in [9.17, 15) is 19.2 Å². The van der Waals surface area contributed by atoms with Crippen molar-refractivity contribution in [3.8, 4) is 0 Å². The van der Waals surface area contributed by atoms with Crippen LogP contribution in [0, 0.1) is 0 Å². The highest BCUT2D eigenvalue weighted by molar-refractivity contribution is 5.41. The molecule has 5 atom stereocenters. The lowest BCUT2D eigenvalue weighted by Gasteiger charge is -2.42. The number of methoxy groups -OCH3 is 1. The summed E-state index contributed by atoms with van der Waals surface area (Å²) in [5, 5.41) is 0. The molecule has 10 nitrogen and oxygen atoms in total. The first-order valence-electron chi connectivity index (χ1n) is 5.74. The van der Waals surface area contributed by atoms with Crippen LogP contribution in [-0.4, -0.2) is 70.3 Å². The quantitative estimate of drug-likeness (QED) is 0.335. The number of hydrogen-bond acceptors (Lipinski definition) is 10. The molecule has 1 heterocycles. The molecule has 1 aliphatic rings. The number of hydrogen-bond donors (Lipinski definition) is 0. The van der Waals surface area contributed by atoms with Gasteiger partial charge in [0.1, 0.15) is 12.7 Å². The normalized spacial score (nSPS) is 31.6. The molecule has 0 unspecified atom stereocenters. The minimum Gasteiger partial charge on any atom is -0.465 e. The molecule has 0 saturated carbocycles. The van der Waals surface area contributed by atoms with Crippen molar-refractivity contribution in [1.29, 1.82) is 0 Å². The molecule has 10 heteroatoms. The zero-order valence-electron chi connectivity index (χ0n) is 11.0. The first-order valence-corrected chi connectivity index (χ1v) is 5.74. The molecule has 1 fully saturated rings. The summed E-state index contributed by atoms with van der Waals surface area (Å²) in [7, 11) is 1.27. The SMILES string of the molecule is CO[C@H]1O[C@H](COC=O)[C@@H](OC=O)[C@H](OC=O)[C@H]1OC=O. The van der Waals surface area contributed by atoms with E-state index in [2.05, 4.69) is 4.74 Å². The fourth-order valence-electron chi connectivity index (χ4n) is 1.99. The highest BCUT2D eigenvalue weighted by Gasteiger charge is 2.51. The third-order valence-corrected chi connectivity index (χ3v) is 2.79. The Bertz CT molecular complexity index is 359. The minimum absolute atomic E-state index is 0.0999. The van der Waals surface area contributed by atoms with Gasteiger partial charge in [-0.05, 0) is 0 Å². The zero-order valence-corrected chi connectivity index (χ0v) is 11.0. The van der Waals surface area contributed by atoms with Gasteiger partial charge < -0.3 is 28.4 Å². The second-order valence-electron chi connectivity index (χ2n) is 3.80. The van der Waals surface area contributed by atoms with Crippen molar-refractivity contribution >= 4 is 25.9 Å². The number of rotatable bonds is 10. The van der Waals surface area contributed by atoms with Crippen molar-refractivity contribution in [2.24, 2.45) is 0 Å². The van der Waals surface area contributed by atoms with E-state index >= 15 is 0 Å². The van der Waals surface area contributed by atoms with Crippen molar-refractivity contribution in [3.05, 3.63) is 0 Å². The summed E-state index contributed by atoms with van der Waals surface area (Å²) in [6.45, 7) is 0.208. The van der Waals surface area contributed by atoms with E-state index in [1.807, 2.05) is 0 Å². The van der Waals surface area contributed by atoms with Gasteiger partial charge in [0.05, 0.1) is 0 Å². The van der Waals surface area contributed by atoms with Crippen LogP contribution in [0.4, 0.5) is 0 Å². The summed E-state index contributed by atoms with van der Waals surface area (Å²) in [6, 6.07) is 0. The lowest BCUT2D eigenvalue weighted by atomic mass is 9.98. The molecule has 0 aromatic carbocycles. The number of carbonyl (C=O) groups is 4. The number of ether oxygens (including phenoxy) is 6. The summed E-state index contributed by atoms with van der Waals surface area (Å²) in [4.78, 5) is 42.0. The Morgan fingerprint density at radius 2 is 1.43 bits per heavy atom. The van der Waals surface area contributed by atoms with Crippen molar-refractivity contribution in [3.63, 3.8) is 0 Å². The van der Waals surface area contributed by atoms with Crippen LogP contribution in [0.25, 0.3) is 0 Å². The number of carbonyl (C=O) groups excluding carboxylic acids is 4. The third-order valence-electron chi connectivity index (χ3n) is 2.79. The molecule has 1 aliphatic heterocycles. The van der Waals surface area contributed by atoms with Crippen LogP contribution in [0.5, 0.6) is 0 Å². The minimum atomic E-state index is -1.18. The third kappa shape index (κ3) is 4.13. The van der Waals surface area contributed by atoms with E-state index in [1.165, 1.54) is 7.11 Å². The molecule has 118 valence electrons. The molecule has 0 spiro atoms. The molecule has 1 saturated heterocycles. The Hall–Kier alpha value is -2.20. The summed E-state index contributed by atoms with van der Waals surface area (Å²) in [5.74, 6) is 0. The molecule has 0 bridgehead atoms. The molecule has 0 amide bonds. The van der Waals surface area contributed by atoms with E-state index in [4.69, 9.17) is 23.7 Å². The second kappa shape index (κ2) is 8.87. The van der Waals surface area contributed by atoms with Gasteiger partial charge in [-0.15, -0.1) is 0 Å². The molecule has 21 heavy (non-hydrogen) atoms. The smallest absolute Gasteiger partial charge is 0.293 e. The van der Waals surface area contributed by atoms with Crippen LogP contribution >= 0.6 is 0 Å². The average molecular weight is 306 g/mol. The Morgan fingerprint density at radius 3 is 1.95 bits per heavy atom. The maximum atomic E-state index is 10.6. The molecular formula is C11H14O10. The van der Waals surface area contributed by atoms with Crippen molar-refractivity contribution in [1.82, 2.24) is 0 Å². The van der Waals surface area contributed by atoms with Gasteiger partial charge in [0.2, 0.25) is 0 Å². The predicted molar refractivity (Wildman–Crippen MR) is 60.5 cm³/mol. The maximum absolute atomic E-state index is 10.6. The molecule has 0 N–H and O–H groups in total. The summed E-state index contributed by atoms with van der Waals surface area (Å²) < 4.78 is 29.3. The fourth-order valence-corrected chi connectivity index (χ4v) is 1.99. The van der Waals surface area contributed by atoms with E-state index in [-0.39, 0.29) is 32.5 Å². The van der Waals surface area contributed by atoms with Crippen molar-refractivity contribution < 1.29 is 47.6 Å². The van der Waals surface area contributed by atoms with Gasteiger partial charge in [-0.1, -0.05) is 0 Å². The topological polar surface area (TPSA) is 124 Å². The summed E-state index contributed by atoms with van der Waals surface area (Å²) >= 11 is 0. The van der Waals surface area contributed by atoms with E-state index in [0.29, 0.717) is 0 Å². The van der Waals surface area contributed by atoms with E-state index in [0.717, 1.165) is 0 Å². The van der Waals surface area contributed by atoms with Gasteiger partial charge in [-0.3, -0.25) is 19.2 Å². The highest BCUT2D eigenvalue weighted by atomic mass is 16.7. The lowest BCUT2D eigenvalue weighted by molar-refractivity contribution is -0.297. The molecule has 0 radical (unpaired) electrons. The Balaban J connectivity index is 3.01. The van der Waals surface area contributed by atoms with Crippen LogP contribution in [0.15, 0.2) is 0 Å². The van der Waals surface area contributed by atoms with Gasteiger partial charge in [-0.2, -0.15) is 0 Å². The van der Waals surface area contributed by atoms with Crippen LogP contribution in [0.1, 0.15) is 0 Å². The van der Waals surface area contributed by atoms with Crippen LogP contribution in [0.2, 0.25) is 0 Å². The van der Waals surface area contributed by atoms with Gasteiger partial charge in [0.15, 0.2) is 24.6 Å². The summed E-state index contributed by atoms with van der Waals surface area (Å²) in [6.07, 6.45) is -5.57. The largest absolute Gasteiger partial charge is 0.465 e. The molecule has 1 rings (SSSR count). The fraction of sp³-hybridized carbons (Fsp3) is 0.636. The van der Waals surface area contributed by atoms with Crippen LogP contribution in [-0.2, 0) is 47.6 Å². The predicted octanol–water partition coefficient (Wildman–Crippen LogP) is -1.84. The zero-order chi connectivity index (χ0) is 15.7. The van der Waals surface area contributed by atoms with Gasteiger partial charge in [-0.25, -0.2) is 0 Å². The van der Waals surface area contributed by atoms with Crippen molar-refractivity contribution in [2.45, 2.75) is 30.7 Å². The van der Waals surface area contributed by atoms with Crippen LogP contribution < -0.4 is 0 Å². The second-order valence-corrected chi connectivity index (χ2v) is 3.80. The molecule has 0 aromatic heterocycles. The summed E-state index contributed by atoms with van der Waals surface area (Å²) in [5.41, 5.74) is 0. The average Bonchev–Trinajstić information content (AvgIpc) is 2.49. The molecule has 0 aliphatic carbocycles. The first kappa shape index (κ1) is 16.9. The van der Waals surface area contributed by atoms with E-state index in [1.54, 1.807) is 0 Å². The first-order chi connectivity index (χ1) is 10.2. The molecule has 0 aromatic rings. The Kier molecular flexibility index (Phi) is 7.12. The van der Waals surface area contributed by atoms with E-state index < -0.39 is 30.7 Å². The lowest BCUT2D eigenvalue weighted by Crippen LogP contribution is -2.61. The Morgan fingerprint density at radius 1 is 0.857 bits per heavy atom. The van der Waals surface area contributed by atoms with Crippen molar-refractivity contribution in [2.75, 3.05) is 13.7 Å². The van der Waals surface area contributed by atoms with Gasteiger partial charge >= 0.3 is 0 Å². The molecular weight excluding hydrogens is 292 g/mol. The Labute approximate surface area is 119 Å².